The van der Waals surface area contributed by atoms with Gasteiger partial charge in [0.05, 0.1) is 6.10 Å². The fraction of sp³-hybridized carbons (Fsp3) is 0.818. The lowest BCUT2D eigenvalue weighted by Crippen LogP contribution is -2.14. The minimum atomic E-state index is -0.318. The van der Waals surface area contributed by atoms with E-state index < -0.39 is 0 Å². The van der Waals surface area contributed by atoms with Crippen molar-refractivity contribution in [3.05, 3.63) is 12.7 Å². The van der Waals surface area contributed by atoms with Gasteiger partial charge in [0.25, 0.3) is 0 Å². The predicted octanol–water partition coefficient (Wildman–Crippen LogP) is 3.14. The lowest BCUT2D eigenvalue weighted by atomic mass is 9.82. The van der Waals surface area contributed by atoms with Crippen molar-refractivity contribution in [2.75, 3.05) is 0 Å². The summed E-state index contributed by atoms with van der Waals surface area (Å²) in [5.74, 6) is 0. The lowest BCUT2D eigenvalue weighted by molar-refractivity contribution is 0.178. The van der Waals surface area contributed by atoms with Crippen LogP contribution in [0.4, 0.5) is 0 Å². The van der Waals surface area contributed by atoms with Crippen LogP contribution in [-0.2, 0) is 0 Å². The van der Waals surface area contributed by atoms with Crippen molar-refractivity contribution in [3.8, 4) is 0 Å². The Morgan fingerprint density at radius 1 is 1.42 bits per heavy atom. The van der Waals surface area contributed by atoms with E-state index in [9.17, 15) is 5.11 Å². The van der Waals surface area contributed by atoms with Gasteiger partial charge in [0.15, 0.2) is 0 Å². The van der Waals surface area contributed by atoms with Gasteiger partial charge < -0.3 is 5.11 Å². The van der Waals surface area contributed by atoms with Crippen molar-refractivity contribution in [2.24, 2.45) is 5.41 Å². The van der Waals surface area contributed by atoms with Crippen LogP contribution < -0.4 is 0 Å². The summed E-state index contributed by atoms with van der Waals surface area (Å²) in [6, 6.07) is 0. The maximum Gasteiger partial charge on any atom is 0.0718 e. The number of hydrogen-bond acceptors (Lipinski definition) is 1. The first kappa shape index (κ1) is 11.7. The highest BCUT2D eigenvalue weighted by atomic mass is 16.3. The summed E-state index contributed by atoms with van der Waals surface area (Å²) in [6.45, 7) is 10.3. The van der Waals surface area contributed by atoms with Crippen molar-refractivity contribution >= 4 is 0 Å². The molecule has 0 aromatic rings. The summed E-state index contributed by atoms with van der Waals surface area (Å²) in [6.07, 6.45) is 5.67. The quantitative estimate of drug-likeness (QED) is 0.607. The minimum Gasteiger partial charge on any atom is -0.389 e. The van der Waals surface area contributed by atoms with Crippen molar-refractivity contribution in [2.45, 2.75) is 52.6 Å². The van der Waals surface area contributed by atoms with E-state index >= 15 is 0 Å². The number of aliphatic hydroxyl groups is 1. The Morgan fingerprint density at radius 2 is 2.00 bits per heavy atom. The molecule has 1 heteroatoms. The molecule has 1 nitrogen and oxygen atoms in total. The molecule has 0 aromatic carbocycles. The van der Waals surface area contributed by atoms with Gasteiger partial charge in [0.1, 0.15) is 0 Å². The maximum absolute atomic E-state index is 9.27. The molecule has 0 saturated carbocycles. The van der Waals surface area contributed by atoms with Gasteiger partial charge in [-0.2, -0.15) is 0 Å². The van der Waals surface area contributed by atoms with Crippen LogP contribution in [0.25, 0.3) is 0 Å². The van der Waals surface area contributed by atoms with Crippen LogP contribution in [0.1, 0.15) is 46.5 Å². The van der Waals surface area contributed by atoms with Gasteiger partial charge in [-0.15, -0.1) is 6.58 Å². The SMILES string of the molecule is C=CC(O)CCC(C)(C)CCC. The Balaban J connectivity index is 3.66. The van der Waals surface area contributed by atoms with E-state index in [1.54, 1.807) is 6.08 Å². The van der Waals surface area contributed by atoms with E-state index in [4.69, 9.17) is 0 Å². The molecule has 0 heterocycles. The summed E-state index contributed by atoms with van der Waals surface area (Å²) < 4.78 is 0. The Labute approximate surface area is 76.5 Å². The van der Waals surface area contributed by atoms with Crippen molar-refractivity contribution < 1.29 is 5.11 Å². The molecular formula is C11H22O. The Bertz CT molecular complexity index is 127. The van der Waals surface area contributed by atoms with Crippen LogP contribution >= 0.6 is 0 Å². The molecule has 0 rings (SSSR count). The zero-order chi connectivity index (χ0) is 9.61. The van der Waals surface area contributed by atoms with E-state index in [1.807, 2.05) is 0 Å². The smallest absolute Gasteiger partial charge is 0.0718 e. The Morgan fingerprint density at radius 3 is 2.42 bits per heavy atom. The maximum atomic E-state index is 9.27. The van der Waals surface area contributed by atoms with Gasteiger partial charge in [0, 0.05) is 0 Å². The molecular weight excluding hydrogens is 148 g/mol. The number of hydrogen-bond donors (Lipinski definition) is 1. The molecule has 1 unspecified atom stereocenters. The fourth-order valence-corrected chi connectivity index (χ4v) is 1.46. The number of aliphatic hydroxyl groups excluding tert-OH is 1. The molecule has 0 spiro atoms. The van der Waals surface area contributed by atoms with E-state index in [0.717, 1.165) is 12.8 Å². The molecule has 0 aliphatic heterocycles. The molecule has 72 valence electrons. The summed E-state index contributed by atoms with van der Waals surface area (Å²) in [7, 11) is 0. The second-order valence-corrected chi connectivity index (χ2v) is 4.26. The summed E-state index contributed by atoms with van der Waals surface area (Å²) in [4.78, 5) is 0. The topological polar surface area (TPSA) is 20.2 Å². The zero-order valence-corrected chi connectivity index (χ0v) is 8.64. The molecule has 0 aliphatic carbocycles. The van der Waals surface area contributed by atoms with Crippen LogP contribution in [0.5, 0.6) is 0 Å². The average molecular weight is 170 g/mol. The third kappa shape index (κ3) is 5.36. The summed E-state index contributed by atoms with van der Waals surface area (Å²) in [5.41, 5.74) is 0.374. The molecule has 12 heavy (non-hydrogen) atoms. The van der Waals surface area contributed by atoms with E-state index in [0.29, 0.717) is 5.41 Å². The van der Waals surface area contributed by atoms with Crippen LogP contribution in [0.15, 0.2) is 12.7 Å². The normalized spacial score (nSPS) is 14.3. The molecule has 0 radical (unpaired) electrons. The summed E-state index contributed by atoms with van der Waals surface area (Å²) >= 11 is 0. The van der Waals surface area contributed by atoms with Crippen LogP contribution in [0.3, 0.4) is 0 Å². The standard InChI is InChI=1S/C11H22O/c1-5-8-11(3,4)9-7-10(12)6-2/h6,10,12H,2,5,7-9H2,1,3-4H3. The van der Waals surface area contributed by atoms with Crippen molar-refractivity contribution in [1.29, 1.82) is 0 Å². The van der Waals surface area contributed by atoms with Gasteiger partial charge in [-0.1, -0.05) is 33.3 Å². The summed E-state index contributed by atoms with van der Waals surface area (Å²) in [5, 5.41) is 9.27. The molecule has 0 aromatic heterocycles. The van der Waals surface area contributed by atoms with Gasteiger partial charge in [-0.05, 0) is 24.7 Å². The van der Waals surface area contributed by atoms with Crippen molar-refractivity contribution in [1.82, 2.24) is 0 Å². The highest BCUT2D eigenvalue weighted by Gasteiger charge is 2.17. The molecule has 0 saturated heterocycles. The minimum absolute atomic E-state index is 0.318. The second-order valence-electron chi connectivity index (χ2n) is 4.26. The third-order valence-electron chi connectivity index (χ3n) is 2.32. The van der Waals surface area contributed by atoms with Crippen LogP contribution in [0, 0.1) is 5.41 Å². The highest BCUT2D eigenvalue weighted by Crippen LogP contribution is 2.28. The largest absolute Gasteiger partial charge is 0.389 e. The predicted molar refractivity (Wildman–Crippen MR) is 54.1 cm³/mol. The molecule has 0 amide bonds. The fourth-order valence-electron chi connectivity index (χ4n) is 1.46. The van der Waals surface area contributed by atoms with Gasteiger partial charge in [0.2, 0.25) is 0 Å². The Kier molecular flexibility index (Phi) is 5.23. The van der Waals surface area contributed by atoms with E-state index in [-0.39, 0.29) is 6.10 Å². The molecule has 0 fully saturated rings. The lowest BCUT2D eigenvalue weighted by Gasteiger charge is -2.24. The van der Waals surface area contributed by atoms with Crippen molar-refractivity contribution in [3.63, 3.8) is 0 Å². The molecule has 1 N–H and O–H groups in total. The van der Waals surface area contributed by atoms with E-state index in [1.165, 1.54) is 12.8 Å². The first-order valence-electron chi connectivity index (χ1n) is 4.82. The molecule has 0 aliphatic rings. The highest BCUT2D eigenvalue weighted by molar-refractivity contribution is 4.80. The van der Waals surface area contributed by atoms with E-state index in [2.05, 4.69) is 27.4 Å². The van der Waals surface area contributed by atoms with Gasteiger partial charge in [-0.3, -0.25) is 0 Å². The van der Waals surface area contributed by atoms with Crippen LogP contribution in [0.2, 0.25) is 0 Å². The molecule has 1 atom stereocenters. The second kappa shape index (κ2) is 5.36. The van der Waals surface area contributed by atoms with Gasteiger partial charge in [-0.25, -0.2) is 0 Å². The monoisotopic (exact) mass is 170 g/mol. The first-order valence-corrected chi connectivity index (χ1v) is 4.82. The van der Waals surface area contributed by atoms with Gasteiger partial charge >= 0.3 is 0 Å². The third-order valence-corrected chi connectivity index (χ3v) is 2.32. The average Bonchev–Trinajstić information content (AvgIpc) is 2.00. The zero-order valence-electron chi connectivity index (χ0n) is 8.64. The Hall–Kier alpha value is -0.300. The molecule has 0 bridgehead atoms. The van der Waals surface area contributed by atoms with Crippen LogP contribution in [-0.4, -0.2) is 11.2 Å². The first-order chi connectivity index (χ1) is 5.52. The number of rotatable bonds is 6.